The number of hydrogen-bond donors (Lipinski definition) is 3. The molecule has 1 aliphatic rings. The molecule has 0 amide bonds. The van der Waals surface area contributed by atoms with E-state index in [1.54, 1.807) is 13.8 Å². The van der Waals surface area contributed by atoms with Crippen LogP contribution in [0.2, 0.25) is 0 Å². The van der Waals surface area contributed by atoms with E-state index in [4.69, 9.17) is 25.6 Å². The maximum absolute atomic E-state index is 14.8. The lowest BCUT2D eigenvalue weighted by Crippen LogP contribution is -2.42. The van der Waals surface area contributed by atoms with E-state index in [1.165, 1.54) is 6.92 Å². The highest BCUT2D eigenvalue weighted by Crippen LogP contribution is 2.44. The highest BCUT2D eigenvalue weighted by atomic mass is 35.5. The van der Waals surface area contributed by atoms with Gasteiger partial charge in [-0.1, -0.05) is 16.7 Å². The second-order valence-corrected chi connectivity index (χ2v) is 8.16. The van der Waals surface area contributed by atoms with E-state index in [9.17, 15) is 28.4 Å². The minimum atomic E-state index is -2.93. The van der Waals surface area contributed by atoms with Gasteiger partial charge in [0.25, 0.3) is 10.7 Å². The van der Waals surface area contributed by atoms with Crippen molar-refractivity contribution in [2.45, 2.75) is 56.5 Å². The van der Waals surface area contributed by atoms with Crippen LogP contribution < -0.4 is 16.3 Å². The molecule has 0 bridgehead atoms. The molecule has 162 valence electrons. The van der Waals surface area contributed by atoms with E-state index in [1.807, 2.05) is 4.98 Å². The molecule has 0 aliphatic carbocycles. The summed E-state index contributed by atoms with van der Waals surface area (Å²) in [4.78, 5) is 36.6. The van der Waals surface area contributed by atoms with Gasteiger partial charge in [0.1, 0.15) is 24.9 Å². The summed E-state index contributed by atoms with van der Waals surface area (Å²) in [5.41, 5.74) is -1.71. The molecular formula is C15H21ClFN3O8P+. The summed E-state index contributed by atoms with van der Waals surface area (Å²) in [6.45, 7) is 4.15. The zero-order valence-electron chi connectivity index (χ0n) is 15.7. The topological polar surface area (TPSA) is 149 Å². The minimum absolute atomic E-state index is 0.359. The normalized spacial score (nSPS) is 28.4. The second-order valence-electron chi connectivity index (χ2n) is 6.55. The third-order valence-electron chi connectivity index (χ3n) is 3.84. The number of aliphatic hydroxyl groups is 1. The molecule has 29 heavy (non-hydrogen) atoms. The highest BCUT2D eigenvalue weighted by molar-refractivity contribution is 7.36. The predicted molar refractivity (Wildman–Crippen MR) is 98.3 cm³/mol. The lowest BCUT2D eigenvalue weighted by Gasteiger charge is -2.22. The lowest BCUT2D eigenvalue weighted by molar-refractivity contribution is -0.149. The van der Waals surface area contributed by atoms with Crippen molar-refractivity contribution in [3.63, 3.8) is 0 Å². The smallest absolute Gasteiger partial charge is 0.462 e. The Morgan fingerprint density at radius 2 is 2.17 bits per heavy atom. The van der Waals surface area contributed by atoms with Crippen LogP contribution in [0.25, 0.3) is 0 Å². The van der Waals surface area contributed by atoms with Crippen molar-refractivity contribution in [3.8, 4) is 0 Å². The van der Waals surface area contributed by atoms with E-state index in [0.717, 1.165) is 12.3 Å². The van der Waals surface area contributed by atoms with Gasteiger partial charge in [-0.05, 0) is 25.3 Å². The van der Waals surface area contributed by atoms with Crippen LogP contribution in [0.4, 0.5) is 4.39 Å². The number of H-pyrrole nitrogens is 1. The fraction of sp³-hybridized carbons (Fsp3) is 0.667. The van der Waals surface area contributed by atoms with Gasteiger partial charge in [0.2, 0.25) is 0 Å². The van der Waals surface area contributed by atoms with Crippen molar-refractivity contribution >= 4 is 25.7 Å². The summed E-state index contributed by atoms with van der Waals surface area (Å²) in [5, 5.41) is 9.52. The summed E-state index contributed by atoms with van der Waals surface area (Å²) in [7, 11) is -2.60. The fourth-order valence-corrected chi connectivity index (χ4v) is 3.52. The first-order valence-electron chi connectivity index (χ1n) is 8.53. The van der Waals surface area contributed by atoms with E-state index in [2.05, 4.69) is 5.09 Å². The van der Waals surface area contributed by atoms with Gasteiger partial charge in [-0.15, -0.1) is 4.52 Å². The molecule has 1 saturated heterocycles. The summed E-state index contributed by atoms with van der Waals surface area (Å²) in [6, 6.07) is 0.00281. The van der Waals surface area contributed by atoms with Crippen molar-refractivity contribution in [3.05, 3.63) is 33.1 Å². The zero-order chi connectivity index (χ0) is 21.9. The molecule has 1 unspecified atom stereocenters. The summed E-state index contributed by atoms with van der Waals surface area (Å²) in [6.07, 6.45) is -4.51. The molecule has 1 aliphatic heterocycles. The minimum Gasteiger partial charge on any atom is -0.462 e. The van der Waals surface area contributed by atoms with Crippen molar-refractivity contribution in [1.29, 1.82) is 0 Å². The van der Waals surface area contributed by atoms with Crippen LogP contribution in [-0.4, -0.2) is 56.7 Å². The number of alkyl halides is 2. The maximum Gasteiger partial charge on any atom is 0.613 e. The van der Waals surface area contributed by atoms with Gasteiger partial charge in [-0.3, -0.25) is 19.1 Å². The first kappa shape index (κ1) is 23.6. The molecule has 0 radical (unpaired) electrons. The average Bonchev–Trinajstić information content (AvgIpc) is 2.82. The van der Waals surface area contributed by atoms with Crippen molar-refractivity contribution in [2.75, 3.05) is 6.61 Å². The largest absolute Gasteiger partial charge is 0.613 e. The van der Waals surface area contributed by atoms with Crippen molar-refractivity contribution in [1.82, 2.24) is 14.6 Å². The van der Waals surface area contributed by atoms with E-state index in [-0.39, 0.29) is 6.10 Å². The van der Waals surface area contributed by atoms with E-state index in [0.29, 0.717) is 4.57 Å². The van der Waals surface area contributed by atoms with Crippen LogP contribution in [0.15, 0.2) is 21.9 Å². The van der Waals surface area contributed by atoms with Crippen LogP contribution in [0.3, 0.4) is 0 Å². The molecule has 0 saturated carbocycles. The average molecular weight is 457 g/mol. The number of nitrogens with zero attached hydrogens (tertiary/aromatic N) is 1. The Morgan fingerprint density at radius 1 is 1.52 bits per heavy atom. The number of carbonyl (C=O) groups is 1. The van der Waals surface area contributed by atoms with Gasteiger partial charge < -0.3 is 14.6 Å². The second kappa shape index (κ2) is 9.41. The van der Waals surface area contributed by atoms with Gasteiger partial charge in [-0.25, -0.2) is 9.18 Å². The molecule has 6 atom stereocenters. The third-order valence-corrected chi connectivity index (χ3v) is 5.24. The number of aromatic amines is 1. The number of ether oxygens (including phenoxy) is 2. The molecule has 1 aromatic heterocycles. The van der Waals surface area contributed by atoms with Crippen LogP contribution in [0.5, 0.6) is 0 Å². The number of aromatic nitrogens is 2. The number of halogens is 2. The number of rotatable bonds is 8. The summed E-state index contributed by atoms with van der Waals surface area (Å²) < 4.78 is 42.6. The van der Waals surface area contributed by atoms with Gasteiger partial charge in [0.15, 0.2) is 6.23 Å². The lowest BCUT2D eigenvalue weighted by atomic mass is 10.1. The fourth-order valence-electron chi connectivity index (χ4n) is 2.44. The monoisotopic (exact) mass is 456 g/mol. The first-order valence-corrected chi connectivity index (χ1v) is 10.1. The zero-order valence-corrected chi connectivity index (χ0v) is 17.4. The molecule has 1 aromatic rings. The van der Waals surface area contributed by atoms with Crippen LogP contribution in [-0.2, 0) is 23.4 Å². The Bertz CT molecular complexity index is 876. The van der Waals surface area contributed by atoms with Crippen molar-refractivity contribution < 1.29 is 32.9 Å². The van der Waals surface area contributed by atoms with E-state index >= 15 is 0 Å². The number of nitrogens with one attached hydrogen (secondary N) is 2. The molecule has 14 heteroatoms. The quantitative estimate of drug-likeness (QED) is 0.285. The Morgan fingerprint density at radius 3 is 2.76 bits per heavy atom. The summed E-state index contributed by atoms with van der Waals surface area (Å²) in [5.74, 6) is -0.648. The first-order chi connectivity index (χ1) is 13.4. The molecule has 11 nitrogen and oxygen atoms in total. The van der Waals surface area contributed by atoms with E-state index < -0.39 is 61.6 Å². The molecule has 2 rings (SSSR count). The Labute approximate surface area is 170 Å². The van der Waals surface area contributed by atoms with Gasteiger partial charge in [-0.2, -0.15) is 0 Å². The standard InChI is InChI=1S/C15H20ClFN3O8P/c1-7(2)27-12(23)8(3)19-29(25)26-6-9-11(22)15(16,17)13(28-9)20-5-4-10(21)18-14(20)24/h4-5,7-9,11,13,22H,6H2,1-3H3,(H-,18,19,21,24,25)/p+1/t8-,9+,11+,13+,15-/m0/s1. The maximum atomic E-state index is 14.8. The molecule has 3 N–H and O–H groups in total. The van der Waals surface area contributed by atoms with Crippen LogP contribution >= 0.6 is 19.8 Å². The number of esters is 1. The number of aliphatic hydroxyl groups excluding tert-OH is 1. The third kappa shape index (κ3) is 5.68. The highest BCUT2D eigenvalue weighted by Gasteiger charge is 2.58. The molecule has 1 fully saturated rings. The number of hydrogen-bond acceptors (Lipinski definition) is 8. The molecule has 0 spiro atoms. The van der Waals surface area contributed by atoms with Gasteiger partial charge >= 0.3 is 19.8 Å². The SMILES string of the molecule is CC(C)OC(=O)[C@H](C)N[P+](=O)OC[C@H]1O[C@@H](n2ccc(=O)[nH]c2=O)[C@](F)(Cl)[C@@H]1O. The number of carbonyl (C=O) groups excluding carboxylic acids is 1. The Hall–Kier alpha value is -1.69. The molecular weight excluding hydrogens is 436 g/mol. The summed E-state index contributed by atoms with van der Waals surface area (Å²) >= 11 is 5.72. The van der Waals surface area contributed by atoms with Crippen LogP contribution in [0.1, 0.15) is 27.0 Å². The van der Waals surface area contributed by atoms with Gasteiger partial charge in [0, 0.05) is 12.3 Å². The Balaban J connectivity index is 2.00. The predicted octanol–water partition coefficient (Wildman–Crippen LogP) is 0.303. The van der Waals surface area contributed by atoms with Crippen LogP contribution in [0, 0.1) is 0 Å². The van der Waals surface area contributed by atoms with Crippen molar-refractivity contribution in [2.24, 2.45) is 0 Å². The van der Waals surface area contributed by atoms with Gasteiger partial charge in [0.05, 0.1) is 6.10 Å². The molecule has 2 heterocycles. The molecule has 0 aromatic carbocycles. The Kier molecular flexibility index (Phi) is 7.66.